The quantitative estimate of drug-likeness (QED) is 0.583. The van der Waals surface area contributed by atoms with Crippen molar-refractivity contribution in [1.29, 1.82) is 0 Å². The van der Waals surface area contributed by atoms with Gasteiger partial charge in [-0.1, -0.05) is 0 Å². The van der Waals surface area contributed by atoms with E-state index < -0.39 is 11.6 Å². The van der Waals surface area contributed by atoms with Crippen molar-refractivity contribution in [2.75, 3.05) is 6.61 Å². The van der Waals surface area contributed by atoms with E-state index in [-0.39, 0.29) is 18.8 Å². The lowest BCUT2D eigenvalue weighted by Crippen LogP contribution is -2.44. The molecule has 0 aliphatic heterocycles. The van der Waals surface area contributed by atoms with Crippen molar-refractivity contribution in [2.45, 2.75) is 19.1 Å². The van der Waals surface area contributed by atoms with Crippen molar-refractivity contribution in [3.05, 3.63) is 12.2 Å². The van der Waals surface area contributed by atoms with Gasteiger partial charge < -0.3 is 9.84 Å². The molecular weight excluding hydrogens is 160 g/mol. The van der Waals surface area contributed by atoms with Crippen molar-refractivity contribution in [3.63, 3.8) is 0 Å². The Morgan fingerprint density at radius 1 is 1.58 bits per heavy atom. The summed E-state index contributed by atoms with van der Waals surface area (Å²) in [5, 5.41) is 9.47. The third-order valence-electron chi connectivity index (χ3n) is 1.60. The van der Waals surface area contributed by atoms with Gasteiger partial charge in [0.05, 0.1) is 6.42 Å². The Morgan fingerprint density at radius 3 is 2.83 bits per heavy atom. The van der Waals surface area contributed by atoms with Crippen LogP contribution in [-0.2, 0) is 14.3 Å². The zero-order valence-corrected chi connectivity index (χ0v) is 6.74. The van der Waals surface area contributed by atoms with Gasteiger partial charge in [-0.05, 0) is 19.1 Å². The molecule has 0 aromatic heterocycles. The molecule has 0 radical (unpaired) electrons. The van der Waals surface area contributed by atoms with Crippen molar-refractivity contribution in [3.8, 4) is 0 Å². The van der Waals surface area contributed by atoms with Crippen molar-refractivity contribution < 1.29 is 19.4 Å². The predicted molar refractivity (Wildman–Crippen MR) is 40.3 cm³/mol. The lowest BCUT2D eigenvalue weighted by molar-refractivity contribution is -0.202. The Hall–Kier alpha value is -1.00. The number of carbonyl (C=O) groups excluding carboxylic acids is 2. The molecule has 4 nitrogen and oxygen atoms in total. The number of rotatable bonds is 2. The first-order valence-corrected chi connectivity index (χ1v) is 3.70. The number of allylic oxidation sites excluding steroid dienone is 1. The number of aliphatic hydroxyl groups is 1. The van der Waals surface area contributed by atoms with E-state index in [9.17, 15) is 14.7 Å². The van der Waals surface area contributed by atoms with Crippen LogP contribution >= 0.6 is 0 Å². The topological polar surface area (TPSA) is 63.6 Å². The number of carbonyl (C=O) groups is 2. The number of ketones is 2. The molecular formula is C8H10O4. The fraction of sp³-hybridized carbons (Fsp3) is 0.500. The molecule has 0 aromatic carbocycles. The molecule has 0 saturated carbocycles. The smallest absolute Gasteiger partial charge is 0.238 e. The normalized spacial score (nSPS) is 29.5. The fourth-order valence-corrected chi connectivity index (χ4v) is 1.04. The van der Waals surface area contributed by atoms with Gasteiger partial charge in [0, 0.05) is 6.61 Å². The molecule has 1 unspecified atom stereocenters. The third kappa shape index (κ3) is 1.60. The van der Waals surface area contributed by atoms with Gasteiger partial charge >= 0.3 is 0 Å². The van der Waals surface area contributed by atoms with Gasteiger partial charge in [-0.2, -0.15) is 0 Å². The van der Waals surface area contributed by atoms with E-state index in [4.69, 9.17) is 4.74 Å². The van der Waals surface area contributed by atoms with E-state index in [1.54, 1.807) is 6.92 Å². The molecule has 0 saturated heterocycles. The maximum absolute atomic E-state index is 11.0. The highest BCUT2D eigenvalue weighted by molar-refractivity contribution is 6.08. The summed E-state index contributed by atoms with van der Waals surface area (Å²) in [5.41, 5.74) is 0. The van der Waals surface area contributed by atoms with Crippen LogP contribution in [-0.4, -0.2) is 29.1 Å². The van der Waals surface area contributed by atoms with Crippen LogP contribution in [0.15, 0.2) is 12.2 Å². The molecule has 66 valence electrons. The van der Waals surface area contributed by atoms with E-state index >= 15 is 0 Å². The Balaban J connectivity index is 2.83. The highest BCUT2D eigenvalue weighted by Crippen LogP contribution is 2.19. The van der Waals surface area contributed by atoms with E-state index in [0.717, 1.165) is 12.2 Å². The highest BCUT2D eigenvalue weighted by atomic mass is 16.6. The molecule has 0 amide bonds. The molecule has 1 aliphatic rings. The predicted octanol–water partition coefficient (Wildman–Crippen LogP) is -0.190. The average Bonchev–Trinajstić information content (AvgIpc) is 1.98. The number of hydrogen-bond acceptors (Lipinski definition) is 4. The third-order valence-corrected chi connectivity index (χ3v) is 1.60. The first kappa shape index (κ1) is 9.09. The summed E-state index contributed by atoms with van der Waals surface area (Å²) >= 11 is 0. The van der Waals surface area contributed by atoms with Crippen LogP contribution in [0, 0.1) is 0 Å². The molecule has 4 heteroatoms. The van der Waals surface area contributed by atoms with Gasteiger partial charge in [0.1, 0.15) is 0 Å². The van der Waals surface area contributed by atoms with Crippen LogP contribution < -0.4 is 0 Å². The lowest BCUT2D eigenvalue weighted by Gasteiger charge is -2.25. The summed E-state index contributed by atoms with van der Waals surface area (Å²) in [6.07, 6.45) is 1.91. The zero-order valence-electron chi connectivity index (χ0n) is 6.74. The minimum atomic E-state index is -1.92. The second-order valence-electron chi connectivity index (χ2n) is 2.56. The van der Waals surface area contributed by atoms with Crippen LogP contribution in [0.3, 0.4) is 0 Å². The first-order chi connectivity index (χ1) is 5.58. The zero-order chi connectivity index (χ0) is 9.19. The molecule has 0 fully saturated rings. The van der Waals surface area contributed by atoms with Crippen LogP contribution in [0.5, 0.6) is 0 Å². The molecule has 1 N–H and O–H groups in total. The Bertz CT molecular complexity index is 243. The largest absolute Gasteiger partial charge is 0.359 e. The Morgan fingerprint density at radius 2 is 2.25 bits per heavy atom. The Kier molecular flexibility index (Phi) is 2.40. The second kappa shape index (κ2) is 3.16. The van der Waals surface area contributed by atoms with Crippen LogP contribution in [0.2, 0.25) is 0 Å². The monoisotopic (exact) mass is 170 g/mol. The van der Waals surface area contributed by atoms with Crippen molar-refractivity contribution in [2.24, 2.45) is 0 Å². The molecule has 0 bridgehead atoms. The summed E-state index contributed by atoms with van der Waals surface area (Å²) in [4.78, 5) is 21.9. The first-order valence-electron chi connectivity index (χ1n) is 3.70. The maximum Gasteiger partial charge on any atom is 0.238 e. The minimum absolute atomic E-state index is 0.198. The highest BCUT2D eigenvalue weighted by Gasteiger charge is 2.39. The van der Waals surface area contributed by atoms with Crippen LogP contribution in [0.4, 0.5) is 0 Å². The lowest BCUT2D eigenvalue weighted by atomic mass is 9.98. The van der Waals surface area contributed by atoms with Gasteiger partial charge in [0.25, 0.3) is 0 Å². The summed E-state index contributed by atoms with van der Waals surface area (Å²) in [6.45, 7) is 1.84. The summed E-state index contributed by atoms with van der Waals surface area (Å²) in [5.74, 6) is -2.78. The molecule has 1 aliphatic carbocycles. The molecule has 1 atom stereocenters. The van der Waals surface area contributed by atoms with E-state index in [2.05, 4.69) is 0 Å². The standard InChI is InChI=1S/C8H10O4/c1-2-12-8(11)5-6(9)3-4-7(8)10/h3-4,11H,2,5H2,1H3. The van der Waals surface area contributed by atoms with Gasteiger partial charge in [-0.25, -0.2) is 0 Å². The van der Waals surface area contributed by atoms with E-state index in [1.165, 1.54) is 0 Å². The van der Waals surface area contributed by atoms with Crippen LogP contribution in [0.1, 0.15) is 13.3 Å². The fourth-order valence-electron chi connectivity index (χ4n) is 1.04. The van der Waals surface area contributed by atoms with E-state index in [1.807, 2.05) is 0 Å². The average molecular weight is 170 g/mol. The second-order valence-corrected chi connectivity index (χ2v) is 2.56. The van der Waals surface area contributed by atoms with Crippen molar-refractivity contribution >= 4 is 11.6 Å². The molecule has 1 rings (SSSR count). The number of hydrogen-bond donors (Lipinski definition) is 1. The molecule has 0 heterocycles. The molecule has 12 heavy (non-hydrogen) atoms. The molecule has 0 aromatic rings. The van der Waals surface area contributed by atoms with E-state index in [0.29, 0.717) is 0 Å². The summed E-state index contributed by atoms with van der Waals surface area (Å²) in [7, 11) is 0. The SMILES string of the molecule is CCOC1(O)CC(=O)C=CC1=O. The van der Waals surface area contributed by atoms with Gasteiger partial charge in [0.15, 0.2) is 5.78 Å². The summed E-state index contributed by atoms with van der Waals surface area (Å²) in [6, 6.07) is 0. The van der Waals surface area contributed by atoms with Gasteiger partial charge in [-0.15, -0.1) is 0 Å². The van der Waals surface area contributed by atoms with Crippen LogP contribution in [0.25, 0.3) is 0 Å². The molecule has 0 spiro atoms. The van der Waals surface area contributed by atoms with Crippen molar-refractivity contribution in [1.82, 2.24) is 0 Å². The van der Waals surface area contributed by atoms with Gasteiger partial charge in [0.2, 0.25) is 11.6 Å². The maximum atomic E-state index is 11.0. The van der Waals surface area contributed by atoms with Gasteiger partial charge in [-0.3, -0.25) is 9.59 Å². The number of ether oxygens (including phenoxy) is 1. The minimum Gasteiger partial charge on any atom is -0.359 e. The summed E-state index contributed by atoms with van der Waals surface area (Å²) < 4.78 is 4.79. The Labute approximate surface area is 69.8 Å².